The zero-order valence-electron chi connectivity index (χ0n) is 38.0. The zero-order valence-corrected chi connectivity index (χ0v) is 40.3. The van der Waals surface area contributed by atoms with Crippen molar-refractivity contribution in [3.63, 3.8) is 0 Å². The van der Waals surface area contributed by atoms with Crippen LogP contribution >= 0.6 is 34.8 Å². The van der Waals surface area contributed by atoms with Gasteiger partial charge in [0.05, 0.1) is 21.6 Å². The fraction of sp³-hybridized carbons (Fsp3) is 0.511. The van der Waals surface area contributed by atoms with Gasteiger partial charge >= 0.3 is 42.3 Å². The topological polar surface area (TPSA) is 164 Å². The van der Waals surface area contributed by atoms with Crippen molar-refractivity contribution in [2.45, 2.75) is 83.4 Å². The largest absolute Gasteiger partial charge is 0.506 e. The van der Waals surface area contributed by atoms with E-state index in [0.29, 0.717) is 45.6 Å². The first-order chi connectivity index (χ1) is 32.5. The molecule has 4 N–H and O–H groups in total. The van der Waals surface area contributed by atoms with E-state index in [-0.39, 0.29) is 102 Å². The molecule has 25 heteroatoms. The number of phenols is 1. The summed E-state index contributed by atoms with van der Waals surface area (Å²) >= 11 is 18.1. The molecule has 0 saturated heterocycles. The van der Waals surface area contributed by atoms with E-state index in [1.54, 1.807) is 51.1 Å². The number of aromatic hydroxyl groups is 1. The molecule has 0 spiro atoms. The lowest BCUT2D eigenvalue weighted by atomic mass is 10.0. The molecule has 0 saturated carbocycles. The Labute approximate surface area is 412 Å². The van der Waals surface area contributed by atoms with Gasteiger partial charge in [-0.15, -0.1) is 0 Å². The van der Waals surface area contributed by atoms with Crippen LogP contribution in [0.4, 0.5) is 44.3 Å². The van der Waals surface area contributed by atoms with Gasteiger partial charge in [0.25, 0.3) is 0 Å². The van der Waals surface area contributed by atoms with Crippen LogP contribution in [0.3, 0.4) is 0 Å². The average Bonchev–Trinajstić information content (AvgIpc) is 3.72. The Balaban J connectivity index is 0.000000234. The number of fused-ring (bicyclic) bond motifs is 3. The maximum atomic E-state index is 12.7. The molecule has 3 aromatic carbocycles. The Kier molecular flexibility index (Phi) is 20.0. The molecule has 0 atom stereocenters. The molecule has 0 aliphatic carbocycles. The summed E-state index contributed by atoms with van der Waals surface area (Å²) in [6.45, 7) is 5.83. The number of benzene rings is 3. The van der Waals surface area contributed by atoms with Gasteiger partial charge in [0.2, 0.25) is 0 Å². The van der Waals surface area contributed by atoms with Crippen LogP contribution in [-0.4, -0.2) is 133 Å². The molecule has 0 unspecified atom stereocenters. The molecular weight excluding hydrogens is 1020 g/mol. The lowest BCUT2D eigenvalue weighted by molar-refractivity contribution is -0.185. The maximum Gasteiger partial charge on any atom is 0.471 e. The zero-order chi connectivity index (χ0) is 52.4. The number of hydrogen-bond donors (Lipinski definition) is 3. The normalized spacial score (nSPS) is 15.2. The highest BCUT2D eigenvalue weighted by Crippen LogP contribution is 2.37. The minimum absolute atomic E-state index is 0.0172. The fourth-order valence-electron chi connectivity index (χ4n) is 7.54. The van der Waals surface area contributed by atoms with Crippen LogP contribution in [0.25, 0.3) is 0 Å². The number of hydrogen-bond acceptors (Lipinski definition) is 9. The molecule has 3 heterocycles. The Hall–Kier alpha value is -5.06. The van der Waals surface area contributed by atoms with Crippen molar-refractivity contribution in [3.05, 3.63) is 84.8 Å². The number of halogens is 12. The third kappa shape index (κ3) is 16.2. The highest BCUT2D eigenvalue weighted by Gasteiger charge is 2.45. The second-order valence-electron chi connectivity index (χ2n) is 16.8. The molecule has 0 fully saturated rings. The van der Waals surface area contributed by atoms with Crippen LogP contribution in [0.5, 0.6) is 17.2 Å². The van der Waals surface area contributed by atoms with Gasteiger partial charge in [-0.25, -0.2) is 4.79 Å². The van der Waals surface area contributed by atoms with Crippen molar-refractivity contribution >= 4 is 58.6 Å². The van der Waals surface area contributed by atoms with Crippen LogP contribution in [0.15, 0.2) is 36.4 Å². The third-order valence-corrected chi connectivity index (χ3v) is 11.7. The number of alkyl halides is 9. The highest BCUT2D eigenvalue weighted by molar-refractivity contribution is 6.32. The first-order valence-electron chi connectivity index (χ1n) is 21.6. The lowest BCUT2D eigenvalue weighted by Gasteiger charge is -2.21. The highest BCUT2D eigenvalue weighted by atomic mass is 35.5. The standard InChI is InChI=1S/C19H24ClF3N2O4.C14H16ClF3N2O2.C12H11ClF3NO2/c1-18(2,3)29-17(27)24-8-11-28-15-13-7-10-25(16(26)19(21,22)23)9-6-12(13)4-5-14(15)20;15-11-2-1-9-3-6-20(13(21)14(16,17)18)7-4-10(9)12(11)22-8-5-19;13-9-2-1-7-3-5-17(11(19)12(14,15)16)6-4-8(7)10(9)18/h4-5H,6-11H2,1-3H3,(H,24,27);1-2H,3-8,19H2;1-2,18H,3-6H2. The number of carbonyl (C=O) groups excluding carboxylic acids is 4. The first-order valence-corrected chi connectivity index (χ1v) is 22.8. The number of carbonyl (C=O) groups is 4. The van der Waals surface area contributed by atoms with Gasteiger partial charge in [0.15, 0.2) is 0 Å². The van der Waals surface area contributed by atoms with Gasteiger partial charge in [-0.3, -0.25) is 14.4 Å². The number of nitrogens with two attached hydrogens (primary N) is 1. The number of nitrogens with zero attached hydrogens (tertiary/aromatic N) is 3. The predicted octanol–water partition coefficient (Wildman–Crippen LogP) is 8.44. The lowest BCUT2D eigenvalue weighted by Crippen LogP contribution is -2.42. The van der Waals surface area contributed by atoms with Crippen molar-refractivity contribution in [2.75, 3.05) is 65.6 Å². The molecule has 3 aromatic rings. The van der Waals surface area contributed by atoms with Gasteiger partial charge in [-0.2, -0.15) is 39.5 Å². The van der Waals surface area contributed by atoms with Crippen molar-refractivity contribution in [1.29, 1.82) is 0 Å². The van der Waals surface area contributed by atoms with E-state index in [2.05, 4.69) is 5.32 Å². The van der Waals surface area contributed by atoms with E-state index in [9.17, 15) is 63.8 Å². The SMILES string of the molecule is CC(C)(C)OC(=O)NCCOc1c(Cl)ccc2c1CCN(C(=O)C(F)(F)F)CC2.NCCOc1c(Cl)ccc2c1CCN(C(=O)C(F)(F)F)CC2.O=C(N1CCc2ccc(Cl)c(O)c2CC1)C(F)(F)F. The predicted molar refractivity (Wildman–Crippen MR) is 240 cm³/mol. The van der Waals surface area contributed by atoms with Crippen LogP contribution in [-0.2, 0) is 57.6 Å². The molecule has 6 rings (SSSR count). The van der Waals surface area contributed by atoms with Crippen LogP contribution in [0.1, 0.15) is 54.2 Å². The van der Waals surface area contributed by atoms with E-state index in [0.717, 1.165) is 37.0 Å². The molecule has 70 heavy (non-hydrogen) atoms. The number of nitrogens with one attached hydrogen (secondary N) is 1. The van der Waals surface area contributed by atoms with Gasteiger partial charge in [0, 0.05) is 62.5 Å². The van der Waals surface area contributed by atoms with Gasteiger partial charge in [-0.05, 0) is 94.2 Å². The number of rotatable bonds is 7. The number of alkyl carbamates (subject to hydrolysis) is 1. The summed E-state index contributed by atoms with van der Waals surface area (Å²) < 4.78 is 129. The average molecular weight is 1070 g/mol. The van der Waals surface area contributed by atoms with E-state index in [4.69, 9.17) is 54.7 Å². The number of phenolic OH excluding ortho intramolecular Hbond substituents is 1. The first kappa shape index (κ1) is 57.5. The summed E-state index contributed by atoms with van der Waals surface area (Å²) in [5, 5.41) is 13.2. The van der Waals surface area contributed by atoms with E-state index in [1.807, 2.05) is 0 Å². The summed E-state index contributed by atoms with van der Waals surface area (Å²) in [6.07, 6.45) is -13.7. The van der Waals surface area contributed by atoms with Crippen molar-refractivity contribution in [3.8, 4) is 17.2 Å². The van der Waals surface area contributed by atoms with Gasteiger partial charge in [0.1, 0.15) is 36.1 Å². The Morgan fingerprint density at radius 1 is 0.571 bits per heavy atom. The third-order valence-electron chi connectivity index (χ3n) is 10.8. The second-order valence-corrected chi connectivity index (χ2v) is 18.1. The molecular formula is C45H51Cl3F9N5O8. The van der Waals surface area contributed by atoms with Crippen LogP contribution < -0.4 is 20.5 Å². The molecule has 3 aliphatic rings. The Morgan fingerprint density at radius 3 is 1.29 bits per heavy atom. The summed E-state index contributed by atoms with van der Waals surface area (Å²) in [7, 11) is 0. The Bertz CT molecular complexity index is 2350. The maximum absolute atomic E-state index is 12.7. The number of ether oxygens (including phenoxy) is 3. The van der Waals surface area contributed by atoms with E-state index in [1.165, 1.54) is 6.07 Å². The smallest absolute Gasteiger partial charge is 0.471 e. The molecule has 0 bridgehead atoms. The Morgan fingerprint density at radius 2 is 0.914 bits per heavy atom. The minimum Gasteiger partial charge on any atom is -0.506 e. The van der Waals surface area contributed by atoms with E-state index >= 15 is 0 Å². The summed E-state index contributed by atoms with van der Waals surface area (Å²) in [5.41, 5.74) is 9.06. The minimum atomic E-state index is -4.90. The molecule has 388 valence electrons. The monoisotopic (exact) mass is 1070 g/mol. The molecule has 4 amide bonds. The summed E-state index contributed by atoms with van der Waals surface area (Å²) in [5.74, 6) is -4.80. The van der Waals surface area contributed by atoms with Gasteiger partial charge in [-0.1, -0.05) is 53.0 Å². The van der Waals surface area contributed by atoms with Crippen molar-refractivity contribution in [2.24, 2.45) is 5.73 Å². The number of amides is 4. The summed E-state index contributed by atoms with van der Waals surface area (Å²) in [4.78, 5) is 48.1. The van der Waals surface area contributed by atoms with Crippen LogP contribution in [0.2, 0.25) is 15.1 Å². The van der Waals surface area contributed by atoms with Crippen molar-refractivity contribution < 1.29 is 78.0 Å². The quantitative estimate of drug-likeness (QED) is 0.156. The molecule has 3 aliphatic heterocycles. The second kappa shape index (κ2) is 24.4. The molecule has 13 nitrogen and oxygen atoms in total. The van der Waals surface area contributed by atoms with E-state index < -0.39 is 47.9 Å². The summed E-state index contributed by atoms with van der Waals surface area (Å²) in [6, 6.07) is 9.90. The van der Waals surface area contributed by atoms with Crippen LogP contribution in [0, 0.1) is 0 Å². The fourth-order valence-corrected chi connectivity index (χ4v) is 8.18. The molecule has 0 radical (unpaired) electrons. The van der Waals surface area contributed by atoms with Gasteiger partial charge < -0.3 is 45.1 Å². The van der Waals surface area contributed by atoms with Crippen molar-refractivity contribution in [1.82, 2.24) is 20.0 Å². The molecule has 0 aromatic heterocycles.